The summed E-state index contributed by atoms with van der Waals surface area (Å²) >= 11 is 0. The van der Waals surface area contributed by atoms with Crippen molar-refractivity contribution in [1.29, 1.82) is 0 Å². The molecule has 0 heterocycles. The quantitative estimate of drug-likeness (QED) is 0.716. The molecule has 1 aromatic rings. The second-order valence-corrected chi connectivity index (χ2v) is 5.02. The van der Waals surface area contributed by atoms with Gasteiger partial charge in [-0.05, 0) is 39.4 Å². The van der Waals surface area contributed by atoms with Crippen LogP contribution in [0.5, 0.6) is 5.75 Å². The minimum atomic E-state index is -0.458. The molecule has 0 radical (unpaired) electrons. The summed E-state index contributed by atoms with van der Waals surface area (Å²) in [4.78, 5) is 25.1. The molecule has 0 aromatic heterocycles. The standard InChI is InChI=1S/C16H25N3O3/c1-4-17-16(21)18-15(20)13(2)19(3)11-8-12-22-14-9-6-5-7-10-14/h5-7,9-10,13H,4,8,11-12H2,1-3H3,(H2,17,18,20,21). The topological polar surface area (TPSA) is 70.7 Å². The van der Waals surface area contributed by atoms with Gasteiger partial charge in [0.2, 0.25) is 5.91 Å². The lowest BCUT2D eigenvalue weighted by Gasteiger charge is -2.23. The fourth-order valence-corrected chi connectivity index (χ4v) is 1.84. The highest BCUT2D eigenvalue weighted by atomic mass is 16.5. The van der Waals surface area contributed by atoms with E-state index in [0.717, 1.165) is 12.2 Å². The summed E-state index contributed by atoms with van der Waals surface area (Å²) in [5, 5.41) is 4.85. The van der Waals surface area contributed by atoms with Crippen molar-refractivity contribution in [1.82, 2.24) is 15.5 Å². The number of rotatable bonds is 8. The Kier molecular flexibility index (Phi) is 7.99. The van der Waals surface area contributed by atoms with E-state index in [1.807, 2.05) is 42.3 Å². The van der Waals surface area contributed by atoms with Crippen molar-refractivity contribution in [3.63, 3.8) is 0 Å². The first-order valence-electron chi connectivity index (χ1n) is 7.51. The number of likely N-dealkylation sites (N-methyl/N-ethyl adjacent to an activating group) is 1. The van der Waals surface area contributed by atoms with Crippen LogP contribution in [-0.4, -0.2) is 49.6 Å². The number of benzene rings is 1. The summed E-state index contributed by atoms with van der Waals surface area (Å²) in [5.41, 5.74) is 0. The Bertz CT molecular complexity index is 465. The van der Waals surface area contributed by atoms with Crippen LogP contribution < -0.4 is 15.4 Å². The molecular formula is C16H25N3O3. The lowest BCUT2D eigenvalue weighted by Crippen LogP contribution is -2.48. The van der Waals surface area contributed by atoms with Crippen molar-refractivity contribution in [2.24, 2.45) is 0 Å². The average Bonchev–Trinajstić information content (AvgIpc) is 2.51. The third kappa shape index (κ3) is 6.58. The predicted molar refractivity (Wildman–Crippen MR) is 85.9 cm³/mol. The lowest BCUT2D eigenvalue weighted by molar-refractivity contribution is -0.124. The second-order valence-electron chi connectivity index (χ2n) is 5.02. The smallest absolute Gasteiger partial charge is 0.321 e. The molecule has 0 aliphatic rings. The number of imide groups is 1. The van der Waals surface area contributed by atoms with E-state index in [1.54, 1.807) is 13.8 Å². The number of hydrogen-bond acceptors (Lipinski definition) is 4. The third-order valence-corrected chi connectivity index (χ3v) is 3.28. The molecule has 0 fully saturated rings. The van der Waals surface area contributed by atoms with Crippen LogP contribution in [0.25, 0.3) is 0 Å². The SMILES string of the molecule is CCNC(=O)NC(=O)C(C)N(C)CCCOc1ccccc1. The Labute approximate surface area is 131 Å². The number of amides is 3. The number of nitrogens with one attached hydrogen (secondary N) is 2. The summed E-state index contributed by atoms with van der Waals surface area (Å²) in [7, 11) is 1.85. The maximum Gasteiger partial charge on any atom is 0.321 e. The van der Waals surface area contributed by atoms with Crippen LogP contribution in [0.4, 0.5) is 4.79 Å². The summed E-state index contributed by atoms with van der Waals surface area (Å²) in [6.07, 6.45) is 0.796. The number of carbonyl (C=O) groups is 2. The van der Waals surface area contributed by atoms with E-state index >= 15 is 0 Å². The van der Waals surface area contributed by atoms with E-state index in [0.29, 0.717) is 19.7 Å². The molecule has 6 heteroatoms. The molecule has 1 rings (SSSR count). The number of hydrogen-bond donors (Lipinski definition) is 2. The van der Waals surface area contributed by atoms with Gasteiger partial charge >= 0.3 is 6.03 Å². The van der Waals surface area contributed by atoms with Gasteiger partial charge in [-0.2, -0.15) is 0 Å². The third-order valence-electron chi connectivity index (χ3n) is 3.28. The highest BCUT2D eigenvalue weighted by Crippen LogP contribution is 2.08. The van der Waals surface area contributed by atoms with Gasteiger partial charge in [0.05, 0.1) is 12.6 Å². The Morgan fingerprint density at radius 3 is 2.59 bits per heavy atom. The summed E-state index contributed by atoms with van der Waals surface area (Å²) in [6.45, 7) is 5.34. The van der Waals surface area contributed by atoms with E-state index in [9.17, 15) is 9.59 Å². The molecule has 0 spiro atoms. The van der Waals surface area contributed by atoms with Crippen molar-refractivity contribution in [3.05, 3.63) is 30.3 Å². The molecule has 0 aliphatic carbocycles. The predicted octanol–water partition coefficient (Wildman–Crippen LogP) is 1.62. The molecule has 0 saturated carbocycles. The molecule has 122 valence electrons. The van der Waals surface area contributed by atoms with Crippen LogP contribution in [-0.2, 0) is 4.79 Å². The van der Waals surface area contributed by atoms with Gasteiger partial charge < -0.3 is 10.1 Å². The molecule has 0 bridgehead atoms. The van der Waals surface area contributed by atoms with Gasteiger partial charge in [0.1, 0.15) is 5.75 Å². The number of nitrogens with zero attached hydrogens (tertiary/aromatic N) is 1. The molecule has 2 N–H and O–H groups in total. The van der Waals surface area contributed by atoms with Crippen LogP contribution in [0, 0.1) is 0 Å². The van der Waals surface area contributed by atoms with Gasteiger partial charge in [-0.15, -0.1) is 0 Å². The number of urea groups is 1. The Hall–Kier alpha value is -2.08. The zero-order chi connectivity index (χ0) is 16.4. The Morgan fingerprint density at radius 2 is 1.95 bits per heavy atom. The zero-order valence-corrected chi connectivity index (χ0v) is 13.5. The van der Waals surface area contributed by atoms with E-state index < -0.39 is 6.03 Å². The monoisotopic (exact) mass is 307 g/mol. The Morgan fingerprint density at radius 1 is 1.27 bits per heavy atom. The van der Waals surface area contributed by atoms with Crippen LogP contribution in [0.2, 0.25) is 0 Å². The summed E-state index contributed by atoms with van der Waals surface area (Å²) in [6, 6.07) is 8.78. The maximum atomic E-state index is 11.9. The molecule has 1 aromatic carbocycles. The number of para-hydroxylation sites is 1. The van der Waals surface area contributed by atoms with Gasteiger partial charge in [-0.25, -0.2) is 4.79 Å². The molecule has 0 aliphatic heterocycles. The lowest BCUT2D eigenvalue weighted by atomic mass is 10.2. The van der Waals surface area contributed by atoms with E-state index in [4.69, 9.17) is 4.74 Å². The summed E-state index contributed by atoms with van der Waals surface area (Å²) in [5.74, 6) is 0.532. The minimum absolute atomic E-state index is 0.308. The van der Waals surface area contributed by atoms with E-state index in [2.05, 4.69) is 10.6 Å². The van der Waals surface area contributed by atoms with Gasteiger partial charge in [-0.1, -0.05) is 18.2 Å². The average molecular weight is 307 g/mol. The van der Waals surface area contributed by atoms with E-state index in [-0.39, 0.29) is 11.9 Å². The van der Waals surface area contributed by atoms with Crippen LogP contribution in [0.15, 0.2) is 30.3 Å². The molecule has 6 nitrogen and oxygen atoms in total. The van der Waals surface area contributed by atoms with Crippen molar-refractivity contribution < 1.29 is 14.3 Å². The van der Waals surface area contributed by atoms with Crippen molar-refractivity contribution >= 4 is 11.9 Å². The fourth-order valence-electron chi connectivity index (χ4n) is 1.84. The van der Waals surface area contributed by atoms with Crippen LogP contribution in [0.1, 0.15) is 20.3 Å². The van der Waals surface area contributed by atoms with Crippen LogP contribution >= 0.6 is 0 Å². The first kappa shape index (κ1) is 18.0. The maximum absolute atomic E-state index is 11.9. The number of carbonyl (C=O) groups excluding carboxylic acids is 2. The van der Waals surface area contributed by atoms with Crippen LogP contribution in [0.3, 0.4) is 0 Å². The molecular weight excluding hydrogens is 282 g/mol. The van der Waals surface area contributed by atoms with Crippen molar-refractivity contribution in [3.8, 4) is 5.75 Å². The zero-order valence-electron chi connectivity index (χ0n) is 13.5. The van der Waals surface area contributed by atoms with Crippen molar-refractivity contribution in [2.75, 3.05) is 26.7 Å². The molecule has 0 saturated heterocycles. The molecule has 3 amide bonds. The van der Waals surface area contributed by atoms with Gasteiger partial charge in [0, 0.05) is 13.1 Å². The van der Waals surface area contributed by atoms with Gasteiger partial charge in [0.15, 0.2) is 0 Å². The highest BCUT2D eigenvalue weighted by molar-refractivity contribution is 5.96. The molecule has 22 heavy (non-hydrogen) atoms. The van der Waals surface area contributed by atoms with E-state index in [1.165, 1.54) is 0 Å². The van der Waals surface area contributed by atoms with Gasteiger partial charge in [0.25, 0.3) is 0 Å². The Balaban J connectivity index is 2.24. The normalized spacial score (nSPS) is 11.8. The second kappa shape index (κ2) is 9.78. The minimum Gasteiger partial charge on any atom is -0.494 e. The van der Waals surface area contributed by atoms with Crippen molar-refractivity contribution in [2.45, 2.75) is 26.3 Å². The van der Waals surface area contributed by atoms with Gasteiger partial charge in [-0.3, -0.25) is 15.0 Å². The molecule has 1 unspecified atom stereocenters. The highest BCUT2D eigenvalue weighted by Gasteiger charge is 2.19. The molecule has 1 atom stereocenters. The first-order chi connectivity index (χ1) is 10.5. The number of ether oxygens (including phenoxy) is 1. The summed E-state index contributed by atoms with van der Waals surface area (Å²) < 4.78 is 5.60. The first-order valence-corrected chi connectivity index (χ1v) is 7.51. The fraction of sp³-hybridized carbons (Fsp3) is 0.500. The largest absolute Gasteiger partial charge is 0.494 e.